The average molecular weight is 422 g/mol. The molecule has 0 radical (unpaired) electrons. The molecule has 1 aromatic carbocycles. The number of aryl methyl sites for hydroxylation is 1. The van der Waals surface area contributed by atoms with E-state index in [9.17, 15) is 18.0 Å². The number of ether oxygens (including phenoxy) is 1. The molecule has 0 spiro atoms. The van der Waals surface area contributed by atoms with E-state index in [4.69, 9.17) is 4.74 Å². The first-order valence-corrected chi connectivity index (χ1v) is 9.79. The Hall–Kier alpha value is -2.84. The van der Waals surface area contributed by atoms with E-state index < -0.39 is 11.9 Å². The summed E-state index contributed by atoms with van der Waals surface area (Å²) in [5, 5.41) is 3.02. The minimum Gasteiger partial charge on any atom is -0.497 e. The predicted octanol–water partition coefficient (Wildman–Crippen LogP) is 3.91. The highest BCUT2D eigenvalue weighted by Crippen LogP contribution is 2.31. The van der Waals surface area contributed by atoms with Crippen molar-refractivity contribution in [1.29, 1.82) is 0 Å². The van der Waals surface area contributed by atoms with E-state index in [-0.39, 0.29) is 29.5 Å². The van der Waals surface area contributed by atoms with E-state index in [0.29, 0.717) is 25.9 Å². The van der Waals surface area contributed by atoms with Gasteiger partial charge >= 0.3 is 6.18 Å². The summed E-state index contributed by atoms with van der Waals surface area (Å²) in [6.07, 6.45) is -3.42. The normalized spacial score (nSPS) is 16.3. The van der Waals surface area contributed by atoms with E-state index >= 15 is 0 Å². The van der Waals surface area contributed by atoms with Gasteiger partial charge in [-0.2, -0.15) is 13.2 Å². The standard InChI is InChI=1S/C21H25F3N4O2/c1-13(15-4-6-17(30-3)7-5-15)25-20(29)16-8-10-28(11-9-16)19-12-18(21(22,23)24)26-14(2)27-19/h4-7,12-13,16H,8-11H2,1-3H3,(H,25,29). The molecule has 2 heterocycles. The molecular formula is C21H25F3N4O2. The van der Waals surface area contributed by atoms with Gasteiger partial charge in [-0.1, -0.05) is 12.1 Å². The fourth-order valence-corrected chi connectivity index (χ4v) is 3.54. The molecule has 2 aromatic rings. The number of amides is 1. The molecule has 1 aliphatic heterocycles. The Morgan fingerprint density at radius 3 is 2.40 bits per heavy atom. The lowest BCUT2D eigenvalue weighted by molar-refractivity contribution is -0.141. The molecule has 162 valence electrons. The Labute approximate surface area is 173 Å². The lowest BCUT2D eigenvalue weighted by atomic mass is 9.95. The number of methoxy groups -OCH3 is 1. The minimum absolute atomic E-state index is 0.0483. The zero-order chi connectivity index (χ0) is 21.9. The van der Waals surface area contributed by atoms with Crippen molar-refractivity contribution in [2.24, 2.45) is 5.92 Å². The summed E-state index contributed by atoms with van der Waals surface area (Å²) < 4.78 is 44.2. The zero-order valence-corrected chi connectivity index (χ0v) is 17.2. The Kier molecular flexibility index (Phi) is 6.48. The third kappa shape index (κ3) is 5.20. The maximum Gasteiger partial charge on any atom is 0.433 e. The number of nitrogens with one attached hydrogen (secondary N) is 1. The second-order valence-corrected chi connectivity index (χ2v) is 7.42. The van der Waals surface area contributed by atoms with Crippen molar-refractivity contribution in [3.8, 4) is 5.75 Å². The van der Waals surface area contributed by atoms with Crippen LogP contribution in [-0.2, 0) is 11.0 Å². The van der Waals surface area contributed by atoms with Crippen LogP contribution in [0.2, 0.25) is 0 Å². The van der Waals surface area contributed by atoms with Gasteiger partial charge < -0.3 is 15.0 Å². The lowest BCUT2D eigenvalue weighted by Gasteiger charge is -2.33. The Morgan fingerprint density at radius 1 is 1.20 bits per heavy atom. The molecule has 0 saturated carbocycles. The Balaban J connectivity index is 1.58. The highest BCUT2D eigenvalue weighted by atomic mass is 19.4. The molecule has 1 amide bonds. The van der Waals surface area contributed by atoms with Crippen molar-refractivity contribution in [3.63, 3.8) is 0 Å². The number of rotatable bonds is 5. The van der Waals surface area contributed by atoms with Crippen molar-refractivity contribution in [2.75, 3.05) is 25.1 Å². The first-order valence-electron chi connectivity index (χ1n) is 9.79. The number of hydrogen-bond donors (Lipinski definition) is 1. The predicted molar refractivity (Wildman–Crippen MR) is 106 cm³/mol. The molecule has 1 N–H and O–H groups in total. The quantitative estimate of drug-likeness (QED) is 0.792. The van der Waals surface area contributed by atoms with E-state index in [1.807, 2.05) is 31.2 Å². The van der Waals surface area contributed by atoms with Crippen molar-refractivity contribution in [2.45, 2.75) is 38.9 Å². The van der Waals surface area contributed by atoms with Crippen LogP contribution in [0.1, 0.15) is 42.9 Å². The lowest BCUT2D eigenvalue weighted by Crippen LogP contribution is -2.41. The molecular weight excluding hydrogens is 397 g/mol. The van der Waals surface area contributed by atoms with Crippen molar-refractivity contribution in [1.82, 2.24) is 15.3 Å². The van der Waals surface area contributed by atoms with E-state index in [0.717, 1.165) is 17.4 Å². The number of halogens is 3. The minimum atomic E-state index is -4.52. The third-order valence-electron chi connectivity index (χ3n) is 5.28. The summed E-state index contributed by atoms with van der Waals surface area (Å²) >= 11 is 0. The molecule has 1 aromatic heterocycles. The molecule has 1 saturated heterocycles. The number of piperidine rings is 1. The van der Waals surface area contributed by atoms with Crippen LogP contribution in [0.5, 0.6) is 5.75 Å². The van der Waals surface area contributed by atoms with Crippen LogP contribution in [0.15, 0.2) is 30.3 Å². The van der Waals surface area contributed by atoms with Crippen LogP contribution in [0.4, 0.5) is 19.0 Å². The molecule has 9 heteroatoms. The summed E-state index contributed by atoms with van der Waals surface area (Å²) in [7, 11) is 1.60. The van der Waals surface area contributed by atoms with Crippen molar-refractivity contribution in [3.05, 3.63) is 47.4 Å². The van der Waals surface area contributed by atoms with Crippen LogP contribution in [-0.4, -0.2) is 36.1 Å². The number of carbonyl (C=O) groups excluding carboxylic acids is 1. The van der Waals surface area contributed by atoms with Crippen LogP contribution in [0.25, 0.3) is 0 Å². The fourth-order valence-electron chi connectivity index (χ4n) is 3.54. The topological polar surface area (TPSA) is 67.3 Å². The Bertz CT molecular complexity index is 879. The second-order valence-electron chi connectivity index (χ2n) is 7.42. The largest absolute Gasteiger partial charge is 0.497 e. The Morgan fingerprint density at radius 2 is 1.83 bits per heavy atom. The molecule has 1 fully saturated rings. The van der Waals surface area contributed by atoms with E-state index in [1.54, 1.807) is 12.0 Å². The van der Waals surface area contributed by atoms with Crippen molar-refractivity contribution < 1.29 is 22.7 Å². The average Bonchev–Trinajstić information content (AvgIpc) is 2.72. The number of anilines is 1. The van der Waals surface area contributed by atoms with E-state index in [1.165, 1.54) is 6.92 Å². The molecule has 0 bridgehead atoms. The van der Waals surface area contributed by atoms with Crippen LogP contribution < -0.4 is 15.0 Å². The first-order chi connectivity index (χ1) is 14.2. The number of aromatic nitrogens is 2. The number of nitrogens with zero attached hydrogens (tertiary/aromatic N) is 3. The SMILES string of the molecule is COc1ccc(C(C)NC(=O)C2CCN(c3cc(C(F)(F)F)nc(C)n3)CC2)cc1. The number of hydrogen-bond acceptors (Lipinski definition) is 5. The number of alkyl halides is 3. The fraction of sp³-hybridized carbons (Fsp3) is 0.476. The molecule has 1 atom stereocenters. The summed E-state index contributed by atoms with van der Waals surface area (Å²) in [6.45, 7) is 4.28. The zero-order valence-electron chi connectivity index (χ0n) is 17.2. The van der Waals surface area contributed by atoms with Gasteiger partial charge in [-0.15, -0.1) is 0 Å². The van der Waals surface area contributed by atoms with Gasteiger partial charge in [-0.3, -0.25) is 4.79 Å². The number of benzene rings is 1. The maximum atomic E-state index is 13.0. The van der Waals surface area contributed by atoms with Gasteiger partial charge in [-0.05, 0) is 44.4 Å². The molecule has 1 aliphatic rings. The van der Waals surface area contributed by atoms with Gasteiger partial charge in [0.2, 0.25) is 5.91 Å². The van der Waals surface area contributed by atoms with Gasteiger partial charge in [0.1, 0.15) is 23.1 Å². The smallest absolute Gasteiger partial charge is 0.433 e. The highest BCUT2D eigenvalue weighted by molar-refractivity contribution is 5.79. The molecule has 3 rings (SSSR count). The van der Waals surface area contributed by atoms with Crippen LogP contribution in [0, 0.1) is 12.8 Å². The molecule has 6 nitrogen and oxygen atoms in total. The summed E-state index contributed by atoms with van der Waals surface area (Å²) in [5.74, 6) is 0.839. The van der Waals surface area contributed by atoms with Gasteiger partial charge in [-0.25, -0.2) is 9.97 Å². The van der Waals surface area contributed by atoms with Crippen LogP contribution >= 0.6 is 0 Å². The summed E-state index contributed by atoms with van der Waals surface area (Å²) in [6, 6.07) is 8.31. The van der Waals surface area contributed by atoms with E-state index in [2.05, 4.69) is 15.3 Å². The first kappa shape index (κ1) is 21.9. The van der Waals surface area contributed by atoms with Crippen molar-refractivity contribution >= 4 is 11.7 Å². The van der Waals surface area contributed by atoms with Gasteiger partial charge in [0.05, 0.1) is 13.2 Å². The maximum absolute atomic E-state index is 13.0. The van der Waals surface area contributed by atoms with Gasteiger partial charge in [0.15, 0.2) is 0 Å². The summed E-state index contributed by atoms with van der Waals surface area (Å²) in [4.78, 5) is 22.1. The molecule has 30 heavy (non-hydrogen) atoms. The van der Waals surface area contributed by atoms with Gasteiger partial charge in [0.25, 0.3) is 0 Å². The summed E-state index contributed by atoms with van der Waals surface area (Å²) in [5.41, 5.74) is 0.0240. The number of carbonyl (C=O) groups is 1. The second kappa shape index (κ2) is 8.89. The third-order valence-corrected chi connectivity index (χ3v) is 5.28. The monoisotopic (exact) mass is 422 g/mol. The van der Waals surface area contributed by atoms with Crippen LogP contribution in [0.3, 0.4) is 0 Å². The molecule has 1 unspecified atom stereocenters. The highest BCUT2D eigenvalue weighted by Gasteiger charge is 2.34. The van der Waals surface area contributed by atoms with Gasteiger partial charge in [0, 0.05) is 25.1 Å². The molecule has 0 aliphatic carbocycles.